The van der Waals surface area contributed by atoms with Gasteiger partial charge in [0.15, 0.2) is 0 Å². The van der Waals surface area contributed by atoms with Crippen LogP contribution in [0.1, 0.15) is 45.4 Å². The first-order valence-corrected chi connectivity index (χ1v) is 9.09. The van der Waals surface area contributed by atoms with E-state index in [4.69, 9.17) is 4.74 Å². The molecular weight excluding hydrogens is 308 g/mol. The summed E-state index contributed by atoms with van der Waals surface area (Å²) in [7, 11) is 0. The van der Waals surface area contributed by atoms with Crippen molar-refractivity contribution in [1.82, 2.24) is 0 Å². The summed E-state index contributed by atoms with van der Waals surface area (Å²) in [4.78, 5) is 25.1. The average Bonchev–Trinajstić information content (AvgIpc) is 2.98. The van der Waals surface area contributed by atoms with Crippen molar-refractivity contribution in [1.29, 1.82) is 0 Å². The summed E-state index contributed by atoms with van der Waals surface area (Å²) < 4.78 is 6.01. The second-order valence-electron chi connectivity index (χ2n) is 9.07. The number of esters is 1. The molecule has 2 N–H and O–H groups in total. The minimum absolute atomic E-state index is 0.0878. The standard InChI is InChI=1S/C19H24O5/c1-9-7-18-8-10(9)3-4-11(18)19-6-5-12(20)17(2,16(23)24-19)14(19)13(18)15(21)22/h10-14,20H,1,3-8H2,2H3,(H,21,22)/t10-,11-,12-,13-,14-,17-,18+,19-/m0/s1. The van der Waals surface area contributed by atoms with E-state index in [1.54, 1.807) is 6.92 Å². The van der Waals surface area contributed by atoms with Gasteiger partial charge < -0.3 is 14.9 Å². The number of carboxylic acids is 1. The highest BCUT2D eigenvalue weighted by molar-refractivity contribution is 5.85. The van der Waals surface area contributed by atoms with Crippen molar-refractivity contribution in [3.63, 3.8) is 0 Å². The van der Waals surface area contributed by atoms with Crippen molar-refractivity contribution in [3.8, 4) is 0 Å². The Morgan fingerprint density at radius 1 is 1.33 bits per heavy atom. The lowest BCUT2D eigenvalue weighted by molar-refractivity contribution is -0.162. The van der Waals surface area contributed by atoms with Crippen LogP contribution in [0.25, 0.3) is 0 Å². The lowest BCUT2D eigenvalue weighted by Gasteiger charge is -2.44. The summed E-state index contributed by atoms with van der Waals surface area (Å²) in [5.74, 6) is -1.78. The third-order valence-corrected chi connectivity index (χ3v) is 8.46. The van der Waals surface area contributed by atoms with Gasteiger partial charge in [-0.05, 0) is 56.8 Å². The molecule has 5 fully saturated rings. The Bertz CT molecular complexity index is 685. The first-order valence-electron chi connectivity index (χ1n) is 9.09. The Morgan fingerprint density at radius 3 is 2.79 bits per heavy atom. The molecule has 1 saturated heterocycles. The molecule has 0 aromatic carbocycles. The van der Waals surface area contributed by atoms with Crippen LogP contribution in [0.5, 0.6) is 0 Å². The van der Waals surface area contributed by atoms with Crippen molar-refractivity contribution in [3.05, 3.63) is 12.2 Å². The summed E-state index contributed by atoms with van der Waals surface area (Å²) in [6.07, 6.45) is 3.81. The maximum atomic E-state index is 12.7. The molecule has 5 rings (SSSR count). The Hall–Kier alpha value is -1.36. The summed E-state index contributed by atoms with van der Waals surface area (Å²) in [5, 5.41) is 20.8. The molecule has 130 valence electrons. The monoisotopic (exact) mass is 332 g/mol. The summed E-state index contributed by atoms with van der Waals surface area (Å²) in [6.45, 7) is 5.95. The lowest BCUT2D eigenvalue weighted by atomic mass is 9.59. The number of rotatable bonds is 1. The van der Waals surface area contributed by atoms with E-state index >= 15 is 0 Å². The summed E-state index contributed by atoms with van der Waals surface area (Å²) >= 11 is 0. The van der Waals surface area contributed by atoms with Gasteiger partial charge in [-0.25, -0.2) is 0 Å². The number of aliphatic hydroxyl groups excluding tert-OH is 1. The molecule has 5 heteroatoms. The molecule has 1 aliphatic heterocycles. The molecule has 24 heavy (non-hydrogen) atoms. The number of allylic oxidation sites excluding steroid dienone is 1. The van der Waals surface area contributed by atoms with Gasteiger partial charge in [0.05, 0.1) is 17.4 Å². The zero-order valence-corrected chi connectivity index (χ0v) is 14.0. The maximum absolute atomic E-state index is 12.7. The molecule has 0 aromatic rings. The SMILES string of the molecule is C=C1C[C@@]23C[C@@H]1CC[C@@H]2[C@]12CC[C@H](O)[C@](C)(C(=O)O1)[C@@H]2[C@H]3C(=O)O. The first-order chi connectivity index (χ1) is 11.3. The molecule has 1 spiro atoms. The highest BCUT2D eigenvalue weighted by Crippen LogP contribution is 2.77. The number of aliphatic hydroxyl groups is 1. The van der Waals surface area contributed by atoms with Crippen molar-refractivity contribution < 1.29 is 24.5 Å². The number of fused-ring (bicyclic) bond motifs is 1. The van der Waals surface area contributed by atoms with Crippen molar-refractivity contribution in [2.45, 2.75) is 57.2 Å². The van der Waals surface area contributed by atoms with Gasteiger partial charge in [-0.3, -0.25) is 9.59 Å². The van der Waals surface area contributed by atoms with Crippen molar-refractivity contribution >= 4 is 11.9 Å². The number of ether oxygens (including phenoxy) is 1. The average molecular weight is 332 g/mol. The van der Waals surface area contributed by atoms with Crippen LogP contribution < -0.4 is 0 Å². The molecular formula is C19H24O5. The highest BCUT2D eigenvalue weighted by atomic mass is 16.6. The van der Waals surface area contributed by atoms with Crippen LogP contribution >= 0.6 is 0 Å². The Kier molecular flexibility index (Phi) is 2.53. The number of carbonyl (C=O) groups is 2. The fourth-order valence-corrected chi connectivity index (χ4v) is 7.66. The van der Waals surface area contributed by atoms with E-state index in [0.717, 1.165) is 25.7 Å². The summed E-state index contributed by atoms with van der Waals surface area (Å²) in [6, 6.07) is 0. The highest BCUT2D eigenvalue weighted by Gasteiger charge is 2.83. The molecule has 0 amide bonds. The second-order valence-corrected chi connectivity index (χ2v) is 9.07. The molecule has 0 aromatic heterocycles. The van der Waals surface area contributed by atoms with E-state index in [1.165, 1.54) is 5.57 Å². The fourth-order valence-electron chi connectivity index (χ4n) is 7.66. The minimum atomic E-state index is -1.09. The van der Waals surface area contributed by atoms with Gasteiger partial charge in [0, 0.05) is 11.8 Å². The summed E-state index contributed by atoms with van der Waals surface area (Å²) in [5.41, 5.74) is -0.953. The normalized spacial score (nSPS) is 57.5. The van der Waals surface area contributed by atoms with Crippen LogP contribution in [0.2, 0.25) is 0 Å². The van der Waals surface area contributed by atoms with Crippen molar-refractivity contribution in [2.24, 2.45) is 34.5 Å². The first kappa shape index (κ1) is 14.9. The minimum Gasteiger partial charge on any atom is -0.481 e. The molecule has 4 aliphatic carbocycles. The molecule has 0 radical (unpaired) electrons. The van der Waals surface area contributed by atoms with E-state index in [2.05, 4.69) is 6.58 Å². The topological polar surface area (TPSA) is 83.8 Å². The molecule has 8 atom stereocenters. The largest absolute Gasteiger partial charge is 0.481 e. The number of aliphatic carboxylic acids is 1. The molecule has 4 bridgehead atoms. The molecule has 0 unspecified atom stereocenters. The number of carboxylic acid groups (broad SMARTS) is 1. The van der Waals surface area contributed by atoms with Gasteiger partial charge >= 0.3 is 11.9 Å². The van der Waals surface area contributed by atoms with Crippen LogP contribution in [-0.2, 0) is 14.3 Å². The molecule has 4 saturated carbocycles. The van der Waals surface area contributed by atoms with Crippen molar-refractivity contribution in [2.75, 3.05) is 0 Å². The van der Waals surface area contributed by atoms with E-state index in [-0.39, 0.29) is 11.3 Å². The van der Waals surface area contributed by atoms with Gasteiger partial charge in [0.2, 0.25) is 0 Å². The zero-order chi connectivity index (χ0) is 17.1. The van der Waals surface area contributed by atoms with E-state index in [0.29, 0.717) is 18.8 Å². The van der Waals surface area contributed by atoms with E-state index < -0.39 is 40.9 Å². The number of hydrogen-bond acceptors (Lipinski definition) is 4. The Morgan fingerprint density at radius 2 is 2.08 bits per heavy atom. The molecule has 1 heterocycles. The quantitative estimate of drug-likeness (QED) is 0.568. The van der Waals surface area contributed by atoms with Gasteiger partial charge in [-0.15, -0.1) is 0 Å². The van der Waals surface area contributed by atoms with Gasteiger partial charge in [-0.2, -0.15) is 0 Å². The van der Waals surface area contributed by atoms with Crippen LogP contribution in [-0.4, -0.2) is 33.9 Å². The van der Waals surface area contributed by atoms with Crippen LogP contribution in [0, 0.1) is 34.5 Å². The fraction of sp³-hybridized carbons (Fsp3) is 0.789. The van der Waals surface area contributed by atoms with E-state index in [1.807, 2.05) is 0 Å². The van der Waals surface area contributed by atoms with Crippen LogP contribution in [0.15, 0.2) is 12.2 Å². The van der Waals surface area contributed by atoms with Gasteiger partial charge in [0.25, 0.3) is 0 Å². The third kappa shape index (κ3) is 1.29. The number of carbonyl (C=O) groups excluding carboxylic acids is 1. The van der Waals surface area contributed by atoms with E-state index in [9.17, 15) is 19.8 Å². The van der Waals surface area contributed by atoms with Crippen LogP contribution in [0.4, 0.5) is 0 Å². The van der Waals surface area contributed by atoms with Gasteiger partial charge in [0.1, 0.15) is 5.60 Å². The Labute approximate surface area is 141 Å². The third-order valence-electron chi connectivity index (χ3n) is 8.46. The zero-order valence-electron chi connectivity index (χ0n) is 14.0. The molecule has 5 aliphatic rings. The molecule has 5 nitrogen and oxygen atoms in total. The number of hydrogen-bond donors (Lipinski definition) is 2. The Balaban J connectivity index is 1.76. The lowest BCUT2D eigenvalue weighted by Crippen LogP contribution is -2.53. The smallest absolute Gasteiger partial charge is 0.315 e. The second kappa shape index (κ2) is 4.06. The maximum Gasteiger partial charge on any atom is 0.315 e. The van der Waals surface area contributed by atoms with Gasteiger partial charge in [-0.1, -0.05) is 12.2 Å². The predicted molar refractivity (Wildman–Crippen MR) is 83.8 cm³/mol. The van der Waals surface area contributed by atoms with Crippen LogP contribution in [0.3, 0.4) is 0 Å². The predicted octanol–water partition coefficient (Wildman–Crippen LogP) is 2.14.